The molecule has 2 aromatic heterocycles. The Morgan fingerprint density at radius 2 is 2.03 bits per heavy atom. The van der Waals surface area contributed by atoms with Crippen molar-refractivity contribution in [2.24, 2.45) is 13.0 Å². The number of carbonyl (C=O) groups excluding carboxylic acids is 1. The number of amides is 1. The van der Waals surface area contributed by atoms with Gasteiger partial charge in [0.25, 0.3) is 0 Å². The van der Waals surface area contributed by atoms with Gasteiger partial charge in [-0.2, -0.15) is 5.10 Å². The Bertz CT molecular complexity index is 784. The van der Waals surface area contributed by atoms with Gasteiger partial charge in [-0.15, -0.1) is 0 Å². The Labute approximate surface area is 173 Å². The van der Waals surface area contributed by atoms with E-state index in [0.717, 1.165) is 51.1 Å². The number of pyridine rings is 1. The lowest BCUT2D eigenvalue weighted by Gasteiger charge is -2.42. The van der Waals surface area contributed by atoms with E-state index in [0.29, 0.717) is 12.6 Å². The van der Waals surface area contributed by atoms with Crippen LogP contribution in [0.3, 0.4) is 0 Å². The maximum atomic E-state index is 12.7. The van der Waals surface area contributed by atoms with E-state index in [1.807, 2.05) is 36.3 Å². The van der Waals surface area contributed by atoms with Gasteiger partial charge in [-0.05, 0) is 56.9 Å². The van der Waals surface area contributed by atoms with Gasteiger partial charge >= 0.3 is 0 Å². The molecule has 2 aliphatic heterocycles. The third-order valence-corrected chi connectivity index (χ3v) is 6.25. The van der Waals surface area contributed by atoms with E-state index >= 15 is 0 Å². The van der Waals surface area contributed by atoms with Crippen LogP contribution in [0.15, 0.2) is 36.9 Å². The minimum Gasteiger partial charge on any atom is -0.352 e. The zero-order chi connectivity index (χ0) is 20.1. The third kappa shape index (κ3) is 5.42. The van der Waals surface area contributed by atoms with Crippen LogP contribution < -0.4 is 5.32 Å². The first-order valence-electron chi connectivity index (χ1n) is 10.8. The molecule has 7 heteroatoms. The van der Waals surface area contributed by atoms with Crippen molar-refractivity contribution in [3.05, 3.63) is 48.0 Å². The van der Waals surface area contributed by atoms with E-state index in [1.54, 1.807) is 6.20 Å². The molecule has 2 fully saturated rings. The molecule has 2 aliphatic rings. The van der Waals surface area contributed by atoms with E-state index in [4.69, 9.17) is 0 Å². The van der Waals surface area contributed by atoms with Crippen molar-refractivity contribution < 1.29 is 4.79 Å². The largest absolute Gasteiger partial charge is 0.352 e. The predicted octanol–water partition coefficient (Wildman–Crippen LogP) is 1.81. The molecule has 0 bridgehead atoms. The van der Waals surface area contributed by atoms with Crippen molar-refractivity contribution in [3.63, 3.8) is 0 Å². The lowest BCUT2D eigenvalue weighted by molar-refractivity contribution is -0.127. The molecule has 0 aliphatic carbocycles. The quantitative estimate of drug-likeness (QED) is 0.807. The molecule has 0 saturated carbocycles. The molecule has 156 valence electrons. The van der Waals surface area contributed by atoms with Crippen LogP contribution in [0.1, 0.15) is 36.8 Å². The Hall–Kier alpha value is -2.25. The fourth-order valence-corrected chi connectivity index (χ4v) is 4.64. The van der Waals surface area contributed by atoms with E-state index in [-0.39, 0.29) is 11.8 Å². The summed E-state index contributed by atoms with van der Waals surface area (Å²) in [5.41, 5.74) is 2.34. The molecule has 1 N–H and O–H groups in total. The van der Waals surface area contributed by atoms with Crippen molar-refractivity contribution in [2.75, 3.05) is 26.2 Å². The second-order valence-electron chi connectivity index (χ2n) is 8.44. The first-order valence-corrected chi connectivity index (χ1v) is 10.8. The Kier molecular flexibility index (Phi) is 6.56. The second kappa shape index (κ2) is 9.50. The fourth-order valence-electron chi connectivity index (χ4n) is 4.64. The van der Waals surface area contributed by atoms with Gasteiger partial charge in [-0.25, -0.2) is 0 Å². The third-order valence-electron chi connectivity index (χ3n) is 6.25. The van der Waals surface area contributed by atoms with Gasteiger partial charge in [0.2, 0.25) is 5.91 Å². The number of hydrogen-bond donors (Lipinski definition) is 1. The SMILES string of the molecule is Cn1cc(CN2CCC(N3CCC[C@H](C(=O)NCc4cccnc4)C3)CC2)cn1. The predicted molar refractivity (Wildman–Crippen MR) is 112 cm³/mol. The second-order valence-corrected chi connectivity index (χ2v) is 8.44. The Morgan fingerprint density at radius 3 is 2.76 bits per heavy atom. The molecule has 2 aromatic rings. The molecule has 29 heavy (non-hydrogen) atoms. The zero-order valence-corrected chi connectivity index (χ0v) is 17.3. The number of piperidine rings is 2. The van der Waals surface area contributed by atoms with Crippen molar-refractivity contribution in [2.45, 2.75) is 44.8 Å². The molecule has 0 aromatic carbocycles. The minimum absolute atomic E-state index is 0.105. The Morgan fingerprint density at radius 1 is 1.17 bits per heavy atom. The van der Waals surface area contributed by atoms with Gasteiger partial charge in [0.05, 0.1) is 12.1 Å². The zero-order valence-electron chi connectivity index (χ0n) is 17.3. The van der Waals surface area contributed by atoms with Gasteiger partial charge < -0.3 is 5.32 Å². The van der Waals surface area contributed by atoms with Crippen molar-refractivity contribution in [1.82, 2.24) is 29.9 Å². The standard InChI is InChI=1S/C22H32N6O/c1-26-15-19(14-25-26)16-27-10-6-21(7-11-27)28-9-3-5-20(17-28)22(29)24-13-18-4-2-8-23-12-18/h2,4,8,12,14-15,20-21H,3,5-7,9-11,13,16-17H2,1H3,(H,24,29)/t20-/m0/s1. The van der Waals surface area contributed by atoms with Gasteiger partial charge in [0.1, 0.15) is 0 Å². The molecule has 1 amide bonds. The van der Waals surface area contributed by atoms with Gasteiger partial charge in [-0.1, -0.05) is 6.07 Å². The summed E-state index contributed by atoms with van der Waals surface area (Å²) in [6.45, 7) is 5.81. The van der Waals surface area contributed by atoms with E-state index in [2.05, 4.69) is 31.4 Å². The molecule has 7 nitrogen and oxygen atoms in total. The molecular formula is C22H32N6O. The van der Waals surface area contributed by atoms with Crippen LogP contribution in [0, 0.1) is 5.92 Å². The first kappa shape index (κ1) is 20.0. The smallest absolute Gasteiger partial charge is 0.224 e. The lowest BCUT2D eigenvalue weighted by atomic mass is 9.93. The van der Waals surface area contributed by atoms with Crippen LogP contribution in [0.2, 0.25) is 0 Å². The molecule has 0 spiro atoms. The molecule has 0 radical (unpaired) electrons. The summed E-state index contributed by atoms with van der Waals surface area (Å²) in [7, 11) is 1.97. The summed E-state index contributed by atoms with van der Waals surface area (Å²) in [4.78, 5) is 21.9. The number of hydrogen-bond acceptors (Lipinski definition) is 5. The van der Waals surface area contributed by atoms with Crippen LogP contribution in [0.5, 0.6) is 0 Å². The highest BCUT2D eigenvalue weighted by molar-refractivity contribution is 5.78. The maximum Gasteiger partial charge on any atom is 0.224 e. The van der Waals surface area contributed by atoms with Crippen LogP contribution in [-0.4, -0.2) is 62.7 Å². The van der Waals surface area contributed by atoms with E-state index in [1.165, 1.54) is 18.4 Å². The average Bonchev–Trinajstić information content (AvgIpc) is 3.18. The number of aryl methyl sites for hydroxylation is 1. The highest BCUT2D eigenvalue weighted by atomic mass is 16.1. The number of likely N-dealkylation sites (tertiary alicyclic amines) is 2. The summed E-state index contributed by atoms with van der Waals surface area (Å²) in [6.07, 6.45) is 12.1. The number of carbonyl (C=O) groups is 1. The topological polar surface area (TPSA) is 66.3 Å². The highest BCUT2D eigenvalue weighted by Crippen LogP contribution is 2.24. The lowest BCUT2D eigenvalue weighted by Crippen LogP contribution is -2.50. The molecule has 4 rings (SSSR count). The molecule has 0 unspecified atom stereocenters. The van der Waals surface area contributed by atoms with Gasteiger partial charge in [-0.3, -0.25) is 24.3 Å². The monoisotopic (exact) mass is 396 g/mol. The maximum absolute atomic E-state index is 12.7. The Balaban J connectivity index is 1.23. The summed E-state index contributed by atoms with van der Waals surface area (Å²) < 4.78 is 1.87. The summed E-state index contributed by atoms with van der Waals surface area (Å²) in [5, 5.41) is 7.38. The number of nitrogens with one attached hydrogen (secondary N) is 1. The normalized spacial score (nSPS) is 21.9. The van der Waals surface area contributed by atoms with Crippen molar-refractivity contribution in [3.8, 4) is 0 Å². The van der Waals surface area contributed by atoms with Crippen LogP contribution in [0.4, 0.5) is 0 Å². The van der Waals surface area contributed by atoms with Crippen LogP contribution in [0.25, 0.3) is 0 Å². The fraction of sp³-hybridized carbons (Fsp3) is 0.591. The van der Waals surface area contributed by atoms with Crippen LogP contribution >= 0.6 is 0 Å². The van der Waals surface area contributed by atoms with E-state index in [9.17, 15) is 4.79 Å². The number of aromatic nitrogens is 3. The summed E-state index contributed by atoms with van der Waals surface area (Å²) in [6, 6.07) is 4.51. The molecule has 4 heterocycles. The highest BCUT2D eigenvalue weighted by Gasteiger charge is 2.31. The number of rotatable bonds is 6. The summed E-state index contributed by atoms with van der Waals surface area (Å²) >= 11 is 0. The average molecular weight is 397 g/mol. The number of nitrogens with zero attached hydrogens (tertiary/aromatic N) is 5. The van der Waals surface area contributed by atoms with Crippen molar-refractivity contribution in [1.29, 1.82) is 0 Å². The van der Waals surface area contributed by atoms with Gasteiger partial charge in [0.15, 0.2) is 0 Å². The van der Waals surface area contributed by atoms with E-state index < -0.39 is 0 Å². The molecular weight excluding hydrogens is 364 g/mol. The summed E-state index contributed by atoms with van der Waals surface area (Å²) in [5.74, 6) is 0.293. The first-order chi connectivity index (χ1) is 14.2. The minimum atomic E-state index is 0.105. The van der Waals surface area contributed by atoms with Crippen LogP contribution in [-0.2, 0) is 24.9 Å². The van der Waals surface area contributed by atoms with Gasteiger partial charge in [0, 0.05) is 56.9 Å². The molecule has 2 saturated heterocycles. The molecule has 1 atom stereocenters. The van der Waals surface area contributed by atoms with Crippen molar-refractivity contribution >= 4 is 5.91 Å².